The minimum atomic E-state index is -0.284. The molecule has 1 rings (SSSR count). The smallest absolute Gasteiger partial charge is 0.306 e. The first kappa shape index (κ1) is 15.2. The Kier molecular flexibility index (Phi) is 7.02. The molecule has 3 nitrogen and oxygen atoms in total. The molecule has 0 fully saturated rings. The zero-order chi connectivity index (χ0) is 13.4. The van der Waals surface area contributed by atoms with Crippen LogP contribution in [0.1, 0.15) is 58.8 Å². The van der Waals surface area contributed by atoms with Gasteiger partial charge >= 0.3 is 5.97 Å². The molecule has 3 heteroatoms. The molecule has 18 heavy (non-hydrogen) atoms. The molecular formula is C15H26O3. The normalized spacial score (nSPS) is 29.2. The fourth-order valence-corrected chi connectivity index (χ4v) is 2.24. The molecule has 0 saturated carbocycles. The number of ether oxygens (including phenoxy) is 1. The van der Waals surface area contributed by atoms with Gasteiger partial charge in [0.15, 0.2) is 0 Å². The Morgan fingerprint density at radius 3 is 2.89 bits per heavy atom. The van der Waals surface area contributed by atoms with Crippen LogP contribution in [0.4, 0.5) is 0 Å². The van der Waals surface area contributed by atoms with Crippen LogP contribution >= 0.6 is 0 Å². The second-order valence-electron chi connectivity index (χ2n) is 5.57. The average Bonchev–Trinajstić information content (AvgIpc) is 2.25. The van der Waals surface area contributed by atoms with Crippen molar-refractivity contribution in [1.29, 1.82) is 0 Å². The van der Waals surface area contributed by atoms with Crippen LogP contribution in [0, 0.1) is 5.92 Å². The van der Waals surface area contributed by atoms with E-state index in [0.717, 1.165) is 32.1 Å². The molecule has 1 aliphatic heterocycles. The summed E-state index contributed by atoms with van der Waals surface area (Å²) in [5.74, 6) is 0.410. The zero-order valence-electron chi connectivity index (χ0n) is 11.6. The van der Waals surface area contributed by atoms with Crippen molar-refractivity contribution in [2.75, 3.05) is 0 Å². The number of hydrogen-bond donors (Lipinski definition) is 1. The Morgan fingerprint density at radius 2 is 2.17 bits per heavy atom. The zero-order valence-corrected chi connectivity index (χ0v) is 11.6. The molecule has 1 aliphatic rings. The first-order valence-corrected chi connectivity index (χ1v) is 7.10. The first-order chi connectivity index (χ1) is 8.58. The minimum Gasteiger partial charge on any atom is -0.462 e. The summed E-state index contributed by atoms with van der Waals surface area (Å²) in [4.78, 5) is 11.7. The molecule has 0 unspecified atom stereocenters. The Balaban J connectivity index is 2.53. The highest BCUT2D eigenvalue weighted by atomic mass is 16.5. The summed E-state index contributed by atoms with van der Waals surface area (Å²) in [6, 6.07) is 0. The third kappa shape index (κ3) is 6.80. The van der Waals surface area contributed by atoms with Gasteiger partial charge in [-0.05, 0) is 38.0 Å². The van der Waals surface area contributed by atoms with Gasteiger partial charge in [0.25, 0.3) is 0 Å². The molecule has 0 saturated heterocycles. The van der Waals surface area contributed by atoms with Crippen LogP contribution in [-0.4, -0.2) is 23.3 Å². The van der Waals surface area contributed by atoms with Crippen LogP contribution in [0.5, 0.6) is 0 Å². The number of rotatable bonds is 2. The summed E-state index contributed by atoms with van der Waals surface area (Å²) >= 11 is 0. The molecule has 0 aliphatic carbocycles. The minimum absolute atomic E-state index is 0.0121. The molecule has 0 aromatic rings. The predicted molar refractivity (Wildman–Crippen MR) is 72.2 cm³/mol. The van der Waals surface area contributed by atoms with Crippen molar-refractivity contribution in [1.82, 2.24) is 0 Å². The van der Waals surface area contributed by atoms with E-state index in [2.05, 4.69) is 26.0 Å². The van der Waals surface area contributed by atoms with Crippen molar-refractivity contribution in [2.45, 2.75) is 71.0 Å². The van der Waals surface area contributed by atoms with Gasteiger partial charge in [-0.2, -0.15) is 0 Å². The van der Waals surface area contributed by atoms with Gasteiger partial charge in [-0.3, -0.25) is 4.79 Å². The topological polar surface area (TPSA) is 46.5 Å². The number of aliphatic hydroxyl groups is 1. The van der Waals surface area contributed by atoms with Gasteiger partial charge in [-0.15, -0.1) is 0 Å². The maximum absolute atomic E-state index is 11.7. The molecule has 0 aromatic carbocycles. The number of carbonyl (C=O) groups excluding carboxylic acids is 1. The van der Waals surface area contributed by atoms with Crippen LogP contribution in [-0.2, 0) is 9.53 Å². The quantitative estimate of drug-likeness (QED) is 0.608. The lowest BCUT2D eigenvalue weighted by Gasteiger charge is -2.19. The summed E-state index contributed by atoms with van der Waals surface area (Å²) in [6.45, 7) is 4.29. The van der Waals surface area contributed by atoms with E-state index in [1.54, 1.807) is 0 Å². The second-order valence-corrected chi connectivity index (χ2v) is 5.57. The van der Waals surface area contributed by atoms with Gasteiger partial charge in [0.1, 0.15) is 6.10 Å². The highest BCUT2D eigenvalue weighted by Crippen LogP contribution is 2.16. The van der Waals surface area contributed by atoms with E-state index in [1.165, 1.54) is 0 Å². The summed E-state index contributed by atoms with van der Waals surface area (Å²) in [5, 5.41) is 9.66. The Bertz CT molecular complexity index is 271. The number of hydrogen-bond acceptors (Lipinski definition) is 3. The molecule has 1 heterocycles. The van der Waals surface area contributed by atoms with Crippen molar-refractivity contribution < 1.29 is 14.6 Å². The number of carbonyl (C=O) groups is 1. The highest BCUT2D eigenvalue weighted by Gasteiger charge is 2.16. The van der Waals surface area contributed by atoms with E-state index in [1.807, 2.05) is 0 Å². The van der Waals surface area contributed by atoms with Gasteiger partial charge in [0.05, 0.1) is 6.10 Å². The number of allylic oxidation sites excluding steroid dienone is 1. The van der Waals surface area contributed by atoms with Crippen LogP contribution in [0.25, 0.3) is 0 Å². The summed E-state index contributed by atoms with van der Waals surface area (Å²) < 4.78 is 5.50. The van der Waals surface area contributed by atoms with Gasteiger partial charge in [-0.25, -0.2) is 0 Å². The SMILES string of the molecule is CC(C)C[C@H]1C/C=C/CC[C@@H](O)CCCC(=O)O1. The summed E-state index contributed by atoms with van der Waals surface area (Å²) in [5.41, 5.74) is 0. The monoisotopic (exact) mass is 254 g/mol. The van der Waals surface area contributed by atoms with E-state index >= 15 is 0 Å². The highest BCUT2D eigenvalue weighted by molar-refractivity contribution is 5.69. The van der Waals surface area contributed by atoms with Crippen LogP contribution in [0.15, 0.2) is 12.2 Å². The molecule has 1 N–H and O–H groups in total. The van der Waals surface area contributed by atoms with Crippen molar-refractivity contribution in [3.8, 4) is 0 Å². The summed E-state index contributed by atoms with van der Waals surface area (Å²) in [6.07, 6.45) is 9.14. The fraction of sp³-hybridized carbons (Fsp3) is 0.800. The number of aliphatic hydroxyl groups excluding tert-OH is 1. The van der Waals surface area contributed by atoms with Crippen molar-refractivity contribution in [3.05, 3.63) is 12.2 Å². The largest absolute Gasteiger partial charge is 0.462 e. The Labute approximate surface area is 110 Å². The fourth-order valence-electron chi connectivity index (χ4n) is 2.24. The van der Waals surface area contributed by atoms with E-state index < -0.39 is 0 Å². The Morgan fingerprint density at radius 1 is 1.39 bits per heavy atom. The molecule has 0 amide bonds. The van der Waals surface area contributed by atoms with E-state index in [0.29, 0.717) is 18.8 Å². The molecular weight excluding hydrogens is 228 g/mol. The van der Waals surface area contributed by atoms with Crippen molar-refractivity contribution in [2.24, 2.45) is 5.92 Å². The maximum atomic E-state index is 11.7. The van der Waals surface area contributed by atoms with Crippen LogP contribution in [0.2, 0.25) is 0 Å². The van der Waals surface area contributed by atoms with Gasteiger partial charge in [-0.1, -0.05) is 26.0 Å². The number of cyclic esters (lactones) is 1. The van der Waals surface area contributed by atoms with E-state index in [-0.39, 0.29) is 18.2 Å². The third-order valence-electron chi connectivity index (χ3n) is 3.18. The van der Waals surface area contributed by atoms with Crippen molar-refractivity contribution in [3.63, 3.8) is 0 Å². The van der Waals surface area contributed by atoms with E-state index in [4.69, 9.17) is 4.74 Å². The molecule has 0 aromatic heterocycles. The predicted octanol–water partition coefficient (Wildman–Crippen LogP) is 3.22. The van der Waals surface area contributed by atoms with Crippen LogP contribution in [0.3, 0.4) is 0 Å². The Hall–Kier alpha value is -0.830. The lowest BCUT2D eigenvalue weighted by molar-refractivity contribution is -0.149. The van der Waals surface area contributed by atoms with E-state index in [9.17, 15) is 9.90 Å². The van der Waals surface area contributed by atoms with Crippen LogP contribution < -0.4 is 0 Å². The molecule has 2 atom stereocenters. The lowest BCUT2D eigenvalue weighted by Crippen LogP contribution is -2.20. The standard InChI is InChI=1S/C15H26O3/c1-12(2)11-14-9-5-3-4-7-13(16)8-6-10-15(17)18-14/h3,5,12-14,16H,4,6-11H2,1-2H3/b5-3+/t13-,14-/m1/s1. The summed E-state index contributed by atoms with van der Waals surface area (Å²) in [7, 11) is 0. The lowest BCUT2D eigenvalue weighted by atomic mass is 10.0. The van der Waals surface area contributed by atoms with Crippen molar-refractivity contribution >= 4 is 5.97 Å². The maximum Gasteiger partial charge on any atom is 0.306 e. The van der Waals surface area contributed by atoms with Gasteiger partial charge in [0.2, 0.25) is 0 Å². The second kappa shape index (κ2) is 8.30. The average molecular weight is 254 g/mol. The number of esters is 1. The molecule has 0 bridgehead atoms. The molecule has 104 valence electrons. The first-order valence-electron chi connectivity index (χ1n) is 7.10. The third-order valence-corrected chi connectivity index (χ3v) is 3.18. The van der Waals surface area contributed by atoms with Gasteiger partial charge in [0, 0.05) is 12.8 Å². The molecule has 0 spiro atoms. The van der Waals surface area contributed by atoms with Gasteiger partial charge < -0.3 is 9.84 Å². The molecule has 0 radical (unpaired) electrons.